The minimum Gasteiger partial charge on any atom is -0.352 e. The van der Waals surface area contributed by atoms with Gasteiger partial charge in [-0.2, -0.15) is 0 Å². The van der Waals surface area contributed by atoms with Crippen LogP contribution < -0.4 is 11.1 Å². The number of nitrogens with two attached hydrogens (primary N) is 1. The minimum atomic E-state index is -0.323. The molecule has 3 heteroatoms. The first kappa shape index (κ1) is 9.49. The van der Waals surface area contributed by atoms with Crippen molar-refractivity contribution in [2.75, 3.05) is 0 Å². The van der Waals surface area contributed by atoms with Gasteiger partial charge in [-0.15, -0.1) is 0 Å². The highest BCUT2D eigenvalue weighted by molar-refractivity contribution is 5.72. The van der Waals surface area contributed by atoms with Crippen LogP contribution in [-0.4, -0.2) is 11.6 Å². The van der Waals surface area contributed by atoms with Gasteiger partial charge in [0.05, 0.1) is 0 Å². The normalized spacial score (nSPS) is 47.6. The molecule has 0 aromatic carbocycles. The van der Waals surface area contributed by atoms with Gasteiger partial charge in [-0.1, -0.05) is 19.3 Å². The van der Waals surface area contributed by atoms with E-state index in [2.05, 4.69) is 5.32 Å². The van der Waals surface area contributed by atoms with Crippen LogP contribution in [0.1, 0.15) is 44.9 Å². The second-order valence-corrected chi connectivity index (χ2v) is 5.93. The highest BCUT2D eigenvalue weighted by Crippen LogP contribution is 2.55. The number of hydrogen-bond donors (Lipinski definition) is 2. The van der Waals surface area contributed by atoms with Gasteiger partial charge < -0.3 is 11.1 Å². The van der Waals surface area contributed by atoms with Crippen LogP contribution in [0.4, 0.5) is 4.79 Å². The van der Waals surface area contributed by atoms with E-state index < -0.39 is 0 Å². The van der Waals surface area contributed by atoms with Crippen molar-refractivity contribution >= 4 is 6.03 Å². The number of carbonyl (C=O) groups excluding carboxylic acids is 1. The molecule has 15 heavy (non-hydrogen) atoms. The number of carbonyl (C=O) groups is 1. The average Bonchev–Trinajstić information content (AvgIpc) is 2.26. The Labute approximate surface area is 90.8 Å². The summed E-state index contributed by atoms with van der Waals surface area (Å²) in [6.07, 6.45) is 9.13. The Hall–Kier alpha value is -0.730. The van der Waals surface area contributed by atoms with Gasteiger partial charge in [-0.05, 0) is 43.4 Å². The SMILES string of the molecule is NC(=O)NC12CC3C[C@H](CCC[C@H]3C1)C2. The van der Waals surface area contributed by atoms with Crippen molar-refractivity contribution < 1.29 is 4.79 Å². The standard InChI is InChI=1S/C12H20N2O/c13-11(15)14-12-5-8-2-1-3-9(6-12)10(4-8)7-12/h8-10H,1-7H2,(H3,13,14,15)/t8-,9-,10?,12?/m0/s1. The molecule has 0 spiro atoms. The third-order valence-electron chi connectivity index (χ3n) is 4.86. The van der Waals surface area contributed by atoms with Crippen LogP contribution in [0.25, 0.3) is 0 Å². The smallest absolute Gasteiger partial charge is 0.312 e. The molecule has 0 heterocycles. The van der Waals surface area contributed by atoms with E-state index >= 15 is 0 Å². The molecule has 0 aliphatic heterocycles. The van der Waals surface area contributed by atoms with Crippen molar-refractivity contribution in [1.82, 2.24) is 5.32 Å². The van der Waals surface area contributed by atoms with E-state index in [1.54, 1.807) is 0 Å². The summed E-state index contributed by atoms with van der Waals surface area (Å²) in [5, 5.41) is 3.05. The third-order valence-corrected chi connectivity index (χ3v) is 4.86. The summed E-state index contributed by atoms with van der Waals surface area (Å²) < 4.78 is 0. The lowest BCUT2D eigenvalue weighted by Crippen LogP contribution is -2.51. The molecule has 3 rings (SSSR count). The molecule has 3 N–H and O–H groups in total. The molecule has 3 aliphatic rings. The molecule has 2 unspecified atom stereocenters. The molecule has 3 nitrogen and oxygen atoms in total. The number of nitrogens with one attached hydrogen (secondary N) is 1. The molecule has 0 aromatic heterocycles. The molecule has 0 radical (unpaired) electrons. The van der Waals surface area contributed by atoms with E-state index in [9.17, 15) is 4.79 Å². The summed E-state index contributed by atoms with van der Waals surface area (Å²) in [6.45, 7) is 0. The largest absolute Gasteiger partial charge is 0.352 e. The Kier molecular flexibility index (Phi) is 1.98. The van der Waals surface area contributed by atoms with Gasteiger partial charge in [0.25, 0.3) is 0 Å². The predicted molar refractivity (Wildman–Crippen MR) is 58.2 cm³/mol. The molecular weight excluding hydrogens is 188 g/mol. The summed E-state index contributed by atoms with van der Waals surface area (Å²) >= 11 is 0. The van der Waals surface area contributed by atoms with Crippen LogP contribution in [0.15, 0.2) is 0 Å². The van der Waals surface area contributed by atoms with Crippen LogP contribution in [0.3, 0.4) is 0 Å². The fourth-order valence-corrected chi connectivity index (χ4v) is 4.57. The van der Waals surface area contributed by atoms with Crippen LogP contribution in [-0.2, 0) is 0 Å². The number of amides is 2. The van der Waals surface area contributed by atoms with Gasteiger partial charge in [0.15, 0.2) is 0 Å². The summed E-state index contributed by atoms with van der Waals surface area (Å²) in [5.41, 5.74) is 5.39. The van der Waals surface area contributed by atoms with Crippen LogP contribution in [0.2, 0.25) is 0 Å². The van der Waals surface area contributed by atoms with Gasteiger partial charge >= 0.3 is 6.03 Å². The third kappa shape index (κ3) is 1.52. The van der Waals surface area contributed by atoms with Crippen molar-refractivity contribution in [3.8, 4) is 0 Å². The lowest BCUT2D eigenvalue weighted by Gasteiger charge is -2.38. The monoisotopic (exact) mass is 208 g/mol. The van der Waals surface area contributed by atoms with Crippen molar-refractivity contribution in [3.63, 3.8) is 0 Å². The summed E-state index contributed by atoms with van der Waals surface area (Å²) in [5.74, 6) is 2.59. The maximum Gasteiger partial charge on any atom is 0.312 e. The fraction of sp³-hybridized carbons (Fsp3) is 0.917. The molecule has 4 atom stereocenters. The van der Waals surface area contributed by atoms with Crippen molar-refractivity contribution in [2.45, 2.75) is 50.5 Å². The van der Waals surface area contributed by atoms with Gasteiger partial charge in [-0.3, -0.25) is 0 Å². The van der Waals surface area contributed by atoms with E-state index in [-0.39, 0.29) is 11.6 Å². The van der Waals surface area contributed by atoms with Crippen molar-refractivity contribution in [1.29, 1.82) is 0 Å². The topological polar surface area (TPSA) is 55.1 Å². The molecule has 0 aromatic rings. The minimum absolute atomic E-state index is 0.0878. The number of rotatable bonds is 1. The Morgan fingerprint density at radius 3 is 2.80 bits per heavy atom. The molecule has 3 bridgehead atoms. The Balaban J connectivity index is 1.85. The maximum absolute atomic E-state index is 11.1. The predicted octanol–water partition coefficient (Wildman–Crippen LogP) is 2.01. The summed E-state index contributed by atoms with van der Waals surface area (Å²) in [7, 11) is 0. The molecule has 3 saturated carbocycles. The second kappa shape index (κ2) is 3.13. The first-order valence-electron chi connectivity index (χ1n) is 6.24. The number of primary amides is 1. The highest BCUT2D eigenvalue weighted by Gasteiger charge is 2.51. The van der Waals surface area contributed by atoms with E-state index in [0.29, 0.717) is 0 Å². The molecular formula is C12H20N2O. The first-order valence-corrected chi connectivity index (χ1v) is 6.24. The second-order valence-electron chi connectivity index (χ2n) is 5.93. The van der Waals surface area contributed by atoms with Gasteiger partial charge in [0.1, 0.15) is 0 Å². The Bertz CT molecular complexity index is 287. The van der Waals surface area contributed by atoms with Gasteiger partial charge in [0, 0.05) is 5.54 Å². The quantitative estimate of drug-likeness (QED) is 0.680. The van der Waals surface area contributed by atoms with Crippen LogP contribution >= 0.6 is 0 Å². The van der Waals surface area contributed by atoms with Gasteiger partial charge in [0.2, 0.25) is 0 Å². The van der Waals surface area contributed by atoms with Gasteiger partial charge in [-0.25, -0.2) is 4.79 Å². The van der Waals surface area contributed by atoms with E-state index in [1.165, 1.54) is 44.9 Å². The number of urea groups is 1. The Morgan fingerprint density at radius 2 is 2.00 bits per heavy atom. The highest BCUT2D eigenvalue weighted by atomic mass is 16.2. The fourth-order valence-electron chi connectivity index (χ4n) is 4.57. The van der Waals surface area contributed by atoms with E-state index in [1.807, 2.05) is 0 Å². The maximum atomic E-state index is 11.1. The van der Waals surface area contributed by atoms with Crippen LogP contribution in [0.5, 0.6) is 0 Å². The summed E-state index contributed by atoms with van der Waals surface area (Å²) in [4.78, 5) is 11.1. The van der Waals surface area contributed by atoms with E-state index in [0.717, 1.165) is 17.8 Å². The first-order chi connectivity index (χ1) is 7.17. The zero-order valence-corrected chi connectivity index (χ0v) is 9.17. The molecule has 3 fully saturated rings. The van der Waals surface area contributed by atoms with Crippen molar-refractivity contribution in [3.05, 3.63) is 0 Å². The number of hydrogen-bond acceptors (Lipinski definition) is 1. The lowest BCUT2D eigenvalue weighted by atomic mass is 9.75. The zero-order valence-electron chi connectivity index (χ0n) is 9.17. The number of fused-ring (bicyclic) bond motifs is 2. The molecule has 3 aliphatic carbocycles. The lowest BCUT2D eigenvalue weighted by molar-refractivity contribution is 0.181. The van der Waals surface area contributed by atoms with E-state index in [4.69, 9.17) is 5.73 Å². The summed E-state index contributed by atoms with van der Waals surface area (Å²) in [6, 6.07) is -0.323. The molecule has 84 valence electrons. The molecule has 2 amide bonds. The van der Waals surface area contributed by atoms with Crippen molar-refractivity contribution in [2.24, 2.45) is 23.5 Å². The zero-order chi connectivity index (χ0) is 10.5. The average molecular weight is 208 g/mol. The Morgan fingerprint density at radius 1 is 1.20 bits per heavy atom. The molecule has 0 saturated heterocycles. The van der Waals surface area contributed by atoms with Crippen LogP contribution in [0, 0.1) is 17.8 Å².